The van der Waals surface area contributed by atoms with Gasteiger partial charge in [0, 0.05) is 42.9 Å². The number of benzene rings is 2. The van der Waals surface area contributed by atoms with Gasteiger partial charge in [0.15, 0.2) is 5.16 Å². The number of carbonyl (C=O) groups is 2. The number of anilines is 2. The maximum atomic E-state index is 12.2. The van der Waals surface area contributed by atoms with Crippen LogP contribution in [0.15, 0.2) is 72.0 Å². The normalized spacial score (nSPS) is 11.8. The molecule has 1 atom stereocenters. The van der Waals surface area contributed by atoms with E-state index in [2.05, 4.69) is 15.3 Å². The van der Waals surface area contributed by atoms with Crippen molar-refractivity contribution in [2.75, 3.05) is 24.3 Å². The Kier molecular flexibility index (Phi) is 8.21. The number of amides is 1. The molecule has 170 valence electrons. The fraction of sp³-hybridized carbons (Fsp3) is 0.200. The molecule has 0 bridgehead atoms. The summed E-state index contributed by atoms with van der Waals surface area (Å²) in [4.78, 5) is 33.9. The van der Waals surface area contributed by atoms with Gasteiger partial charge >= 0.3 is 5.97 Å². The molecule has 3 rings (SSSR count). The van der Waals surface area contributed by atoms with Crippen LogP contribution >= 0.6 is 11.8 Å². The van der Waals surface area contributed by atoms with Gasteiger partial charge in [-0.2, -0.15) is 0 Å². The van der Waals surface area contributed by atoms with E-state index in [1.165, 1.54) is 17.8 Å². The summed E-state index contributed by atoms with van der Waals surface area (Å²) in [7, 11) is 3.65. The molecule has 3 aromatic rings. The first kappa shape index (κ1) is 24.0. The summed E-state index contributed by atoms with van der Waals surface area (Å²) in [6.45, 7) is 2.05. The number of hydrogen-bond donors (Lipinski definition) is 2. The quantitative estimate of drug-likeness (QED) is 0.271. The Morgan fingerprint density at radius 1 is 1.12 bits per heavy atom. The third-order valence-electron chi connectivity index (χ3n) is 4.74. The van der Waals surface area contributed by atoms with Crippen molar-refractivity contribution in [3.05, 3.63) is 83.6 Å². The van der Waals surface area contributed by atoms with Crippen molar-refractivity contribution in [1.82, 2.24) is 9.97 Å². The lowest BCUT2D eigenvalue weighted by Crippen LogP contribution is -2.16. The Morgan fingerprint density at radius 3 is 2.45 bits per heavy atom. The Morgan fingerprint density at radius 2 is 1.82 bits per heavy atom. The molecule has 1 aromatic heterocycles. The number of nitrogens with zero attached hydrogens (tertiary/aromatic N) is 3. The zero-order valence-corrected chi connectivity index (χ0v) is 19.5. The highest BCUT2D eigenvalue weighted by Gasteiger charge is 2.15. The van der Waals surface area contributed by atoms with E-state index in [1.807, 2.05) is 75.6 Å². The zero-order valence-electron chi connectivity index (χ0n) is 18.7. The number of aromatic nitrogens is 2. The summed E-state index contributed by atoms with van der Waals surface area (Å²) in [5.41, 5.74) is 3.31. The van der Waals surface area contributed by atoms with E-state index in [1.54, 1.807) is 17.2 Å². The third kappa shape index (κ3) is 7.18. The molecule has 2 N–H and O–H groups in total. The van der Waals surface area contributed by atoms with Gasteiger partial charge in [-0.3, -0.25) is 9.59 Å². The molecule has 1 amide bonds. The first-order valence-corrected chi connectivity index (χ1v) is 11.3. The van der Waals surface area contributed by atoms with Gasteiger partial charge in [-0.05, 0) is 36.3 Å². The lowest BCUT2D eigenvalue weighted by Gasteiger charge is -2.17. The van der Waals surface area contributed by atoms with E-state index in [9.17, 15) is 9.59 Å². The van der Waals surface area contributed by atoms with Gasteiger partial charge in [-0.1, -0.05) is 54.2 Å². The number of hydrogen-bond acceptors (Lipinski definition) is 6. The van der Waals surface area contributed by atoms with Crippen LogP contribution in [0.1, 0.15) is 28.9 Å². The third-order valence-corrected chi connectivity index (χ3v) is 5.77. The van der Waals surface area contributed by atoms with Crippen LogP contribution in [0.4, 0.5) is 11.5 Å². The molecular weight excluding hydrogens is 436 g/mol. The number of nitrogens with one attached hydrogen (secondary N) is 1. The monoisotopic (exact) mass is 462 g/mol. The van der Waals surface area contributed by atoms with E-state index in [0.717, 1.165) is 11.1 Å². The first-order valence-electron chi connectivity index (χ1n) is 10.4. The molecule has 1 unspecified atom stereocenters. The molecule has 33 heavy (non-hydrogen) atoms. The van der Waals surface area contributed by atoms with Crippen molar-refractivity contribution in [2.45, 2.75) is 23.8 Å². The maximum absolute atomic E-state index is 12.2. The molecule has 1 heterocycles. The highest BCUT2D eigenvalue weighted by molar-refractivity contribution is 7.99. The van der Waals surface area contributed by atoms with E-state index in [-0.39, 0.29) is 17.6 Å². The number of aliphatic carboxylic acids is 1. The predicted octanol–water partition coefficient (Wildman–Crippen LogP) is 4.67. The molecule has 0 radical (unpaired) electrons. The highest BCUT2D eigenvalue weighted by atomic mass is 32.2. The molecule has 8 heteroatoms. The molecule has 0 saturated heterocycles. The summed E-state index contributed by atoms with van der Waals surface area (Å²) < 4.78 is 0. The van der Waals surface area contributed by atoms with E-state index < -0.39 is 5.97 Å². The molecule has 2 aromatic carbocycles. The number of carboxylic acids is 1. The second-order valence-corrected chi connectivity index (χ2v) is 8.89. The molecule has 0 aliphatic carbocycles. The lowest BCUT2D eigenvalue weighted by atomic mass is 10.1. The van der Waals surface area contributed by atoms with Crippen LogP contribution in [-0.4, -0.2) is 41.0 Å². The predicted molar refractivity (Wildman–Crippen MR) is 133 cm³/mol. The Hall–Kier alpha value is -3.65. The number of rotatable bonds is 9. The highest BCUT2D eigenvalue weighted by Crippen LogP contribution is 2.34. The maximum Gasteiger partial charge on any atom is 0.308 e. The fourth-order valence-electron chi connectivity index (χ4n) is 3.10. The standard InChI is InChI=1S/C25H26N4O3S/c1-17(33-25-26-16-20(15-23(31)32)24(28-25)29(2)3)19-10-12-21(13-11-19)27-22(30)14-9-18-7-5-4-6-8-18/h4-14,16-17H,15H2,1-3H3,(H,27,30)(H,31,32)/b14-9+. The summed E-state index contributed by atoms with van der Waals surface area (Å²) in [5.74, 6) is -0.512. The van der Waals surface area contributed by atoms with Gasteiger partial charge in [0.05, 0.1) is 6.42 Å². The lowest BCUT2D eigenvalue weighted by molar-refractivity contribution is -0.136. The summed E-state index contributed by atoms with van der Waals surface area (Å²) in [6.07, 6.45) is 4.73. The summed E-state index contributed by atoms with van der Waals surface area (Å²) in [5, 5.41) is 12.6. The van der Waals surface area contributed by atoms with Crippen molar-refractivity contribution < 1.29 is 14.7 Å². The van der Waals surface area contributed by atoms with Gasteiger partial charge in [-0.15, -0.1) is 0 Å². The van der Waals surface area contributed by atoms with E-state index in [4.69, 9.17) is 5.11 Å². The van der Waals surface area contributed by atoms with Crippen LogP contribution in [0.2, 0.25) is 0 Å². The fourth-order valence-corrected chi connectivity index (χ4v) is 3.96. The summed E-state index contributed by atoms with van der Waals surface area (Å²) in [6, 6.07) is 17.3. The number of carbonyl (C=O) groups excluding carboxylic acids is 1. The van der Waals surface area contributed by atoms with Gasteiger partial charge < -0.3 is 15.3 Å². The van der Waals surface area contributed by atoms with Crippen molar-refractivity contribution in [3.8, 4) is 0 Å². The van der Waals surface area contributed by atoms with E-state index >= 15 is 0 Å². The van der Waals surface area contributed by atoms with Crippen molar-refractivity contribution in [2.24, 2.45) is 0 Å². The minimum Gasteiger partial charge on any atom is -0.481 e. The Labute approximate surface area is 197 Å². The minimum absolute atomic E-state index is 0.0630. The van der Waals surface area contributed by atoms with Gasteiger partial charge in [0.2, 0.25) is 5.91 Å². The van der Waals surface area contributed by atoms with Crippen LogP contribution in [0, 0.1) is 0 Å². The number of carboxylic acid groups (broad SMARTS) is 1. The van der Waals surface area contributed by atoms with Gasteiger partial charge in [-0.25, -0.2) is 9.97 Å². The van der Waals surface area contributed by atoms with Crippen molar-refractivity contribution in [1.29, 1.82) is 0 Å². The summed E-state index contributed by atoms with van der Waals surface area (Å²) >= 11 is 1.49. The SMILES string of the molecule is CC(Sc1ncc(CC(=O)O)c(N(C)C)n1)c1ccc(NC(=O)/C=C/c2ccccc2)cc1. The Bertz CT molecular complexity index is 1130. The van der Waals surface area contributed by atoms with Crippen molar-refractivity contribution >= 4 is 41.2 Å². The Balaban J connectivity index is 1.62. The molecule has 0 fully saturated rings. The van der Waals surface area contributed by atoms with Crippen LogP contribution in [0.25, 0.3) is 6.08 Å². The first-order chi connectivity index (χ1) is 15.8. The largest absolute Gasteiger partial charge is 0.481 e. The molecule has 7 nitrogen and oxygen atoms in total. The van der Waals surface area contributed by atoms with Crippen LogP contribution < -0.4 is 10.2 Å². The molecule has 0 spiro atoms. The average molecular weight is 463 g/mol. The smallest absolute Gasteiger partial charge is 0.308 e. The van der Waals surface area contributed by atoms with Crippen LogP contribution in [0.3, 0.4) is 0 Å². The zero-order chi connectivity index (χ0) is 23.8. The van der Waals surface area contributed by atoms with Crippen LogP contribution in [0.5, 0.6) is 0 Å². The van der Waals surface area contributed by atoms with E-state index in [0.29, 0.717) is 22.2 Å². The molecule has 0 aliphatic heterocycles. The minimum atomic E-state index is -0.918. The van der Waals surface area contributed by atoms with Gasteiger partial charge in [0.25, 0.3) is 0 Å². The topological polar surface area (TPSA) is 95.4 Å². The van der Waals surface area contributed by atoms with Crippen molar-refractivity contribution in [3.63, 3.8) is 0 Å². The molecule has 0 saturated carbocycles. The second-order valence-electron chi connectivity index (χ2n) is 7.58. The average Bonchev–Trinajstić information content (AvgIpc) is 2.79. The molecular formula is C25H26N4O3S. The van der Waals surface area contributed by atoms with Crippen LogP contribution in [-0.2, 0) is 16.0 Å². The van der Waals surface area contributed by atoms with Gasteiger partial charge in [0.1, 0.15) is 5.82 Å². The second kappa shape index (κ2) is 11.3. The number of thioether (sulfide) groups is 1. The molecule has 0 aliphatic rings.